The van der Waals surface area contributed by atoms with Crippen LogP contribution in [0.1, 0.15) is 41.1 Å². The molecule has 0 aliphatic rings. The van der Waals surface area contributed by atoms with Gasteiger partial charge in [-0.2, -0.15) is 5.26 Å². The van der Waals surface area contributed by atoms with Crippen molar-refractivity contribution < 1.29 is 5.11 Å². The van der Waals surface area contributed by atoms with E-state index in [-0.39, 0.29) is 24.6 Å². The highest BCUT2D eigenvalue weighted by Crippen LogP contribution is 2.28. The Balaban J connectivity index is 1.88. The minimum Gasteiger partial charge on any atom is -0.394 e. The van der Waals surface area contributed by atoms with Gasteiger partial charge in [0.2, 0.25) is 0 Å². The summed E-state index contributed by atoms with van der Waals surface area (Å²) in [5, 5.41) is 23.6. The van der Waals surface area contributed by atoms with Gasteiger partial charge in [0.15, 0.2) is 0 Å². The van der Waals surface area contributed by atoms with Crippen LogP contribution < -0.4 is 5.32 Å². The number of rotatable bonds is 8. The molecule has 0 aromatic heterocycles. The molecule has 0 heterocycles. The number of aliphatic hydroxyl groups is 1. The van der Waals surface area contributed by atoms with Crippen LogP contribution in [0.2, 0.25) is 5.02 Å². The van der Waals surface area contributed by atoms with Gasteiger partial charge in [0, 0.05) is 17.0 Å². The van der Waals surface area contributed by atoms with Crippen LogP contribution in [0.3, 0.4) is 0 Å². The zero-order chi connectivity index (χ0) is 20.6. The quantitative estimate of drug-likeness (QED) is 0.539. The van der Waals surface area contributed by atoms with Gasteiger partial charge < -0.3 is 10.4 Å². The third-order valence-corrected chi connectivity index (χ3v) is 5.52. The summed E-state index contributed by atoms with van der Waals surface area (Å²) in [6, 6.07) is 27.8. The van der Waals surface area contributed by atoms with Gasteiger partial charge in [0.1, 0.15) is 0 Å². The first kappa shape index (κ1) is 21.1. The van der Waals surface area contributed by atoms with E-state index in [4.69, 9.17) is 11.6 Å². The maximum atomic E-state index is 9.96. The third kappa shape index (κ3) is 5.68. The first-order chi connectivity index (χ1) is 14.1. The average molecular weight is 405 g/mol. The van der Waals surface area contributed by atoms with E-state index in [1.54, 1.807) is 0 Å². The number of nitrogens with one attached hydrogen (secondary N) is 1. The van der Waals surface area contributed by atoms with Crippen molar-refractivity contribution in [3.8, 4) is 6.07 Å². The van der Waals surface area contributed by atoms with Crippen LogP contribution in [0, 0.1) is 11.3 Å². The van der Waals surface area contributed by atoms with Crippen molar-refractivity contribution >= 4 is 11.6 Å². The van der Waals surface area contributed by atoms with E-state index in [0.717, 1.165) is 17.5 Å². The summed E-state index contributed by atoms with van der Waals surface area (Å²) in [5.41, 5.74) is 3.98. The summed E-state index contributed by atoms with van der Waals surface area (Å²) in [4.78, 5) is 0. The van der Waals surface area contributed by atoms with Gasteiger partial charge in [0.25, 0.3) is 0 Å². The Bertz CT molecular complexity index is 951. The molecule has 0 bridgehead atoms. The fraction of sp³-hybridized carbons (Fsp3) is 0.240. The number of aliphatic hydroxyl groups excluding tert-OH is 1. The van der Waals surface area contributed by atoms with E-state index >= 15 is 0 Å². The molecule has 0 radical (unpaired) electrons. The van der Waals surface area contributed by atoms with E-state index < -0.39 is 0 Å². The SMILES string of the molecule is C[C@H](NC(CO)c1ccccc1)[C@@H](Cc1ccc(Cl)cc1)c1cccc(C#N)c1. The average Bonchev–Trinajstić information content (AvgIpc) is 2.77. The van der Waals surface area contributed by atoms with Crippen LogP contribution in [-0.4, -0.2) is 17.8 Å². The highest BCUT2D eigenvalue weighted by Gasteiger charge is 2.23. The number of benzene rings is 3. The lowest BCUT2D eigenvalue weighted by Crippen LogP contribution is -2.37. The monoisotopic (exact) mass is 404 g/mol. The highest BCUT2D eigenvalue weighted by molar-refractivity contribution is 6.30. The summed E-state index contributed by atoms with van der Waals surface area (Å²) < 4.78 is 0. The molecule has 4 heteroatoms. The topological polar surface area (TPSA) is 56.0 Å². The Morgan fingerprint density at radius 3 is 2.31 bits per heavy atom. The van der Waals surface area contributed by atoms with Crippen LogP contribution in [0.15, 0.2) is 78.9 Å². The molecule has 0 saturated carbocycles. The van der Waals surface area contributed by atoms with Crippen molar-refractivity contribution in [3.05, 3.63) is 106 Å². The molecule has 3 nitrogen and oxygen atoms in total. The maximum Gasteiger partial charge on any atom is 0.0991 e. The highest BCUT2D eigenvalue weighted by atomic mass is 35.5. The maximum absolute atomic E-state index is 9.96. The van der Waals surface area contributed by atoms with Crippen LogP contribution >= 0.6 is 11.6 Å². The van der Waals surface area contributed by atoms with Gasteiger partial charge in [-0.15, -0.1) is 0 Å². The second kappa shape index (κ2) is 10.2. The Labute approximate surface area is 177 Å². The Kier molecular flexibility index (Phi) is 7.43. The minimum absolute atomic E-state index is 0.0141. The van der Waals surface area contributed by atoms with E-state index in [0.29, 0.717) is 10.6 Å². The molecule has 2 N–H and O–H groups in total. The van der Waals surface area contributed by atoms with Gasteiger partial charge in [-0.1, -0.05) is 66.2 Å². The lowest BCUT2D eigenvalue weighted by atomic mass is 9.85. The van der Waals surface area contributed by atoms with Crippen molar-refractivity contribution in [1.82, 2.24) is 5.32 Å². The standard InChI is InChI=1S/C25H25ClN2O/c1-18(28-25(17-29)21-7-3-2-4-8-21)24(15-19-10-12-23(26)13-11-19)22-9-5-6-20(14-22)16-27/h2-14,18,24-25,28-29H,15,17H2,1H3/t18-,24+,25?/m0/s1. The molecule has 3 rings (SSSR count). The van der Waals surface area contributed by atoms with Gasteiger partial charge in [-0.3, -0.25) is 0 Å². The van der Waals surface area contributed by atoms with Crippen LogP contribution in [-0.2, 0) is 6.42 Å². The van der Waals surface area contributed by atoms with Crippen LogP contribution in [0.5, 0.6) is 0 Å². The van der Waals surface area contributed by atoms with E-state index in [1.165, 1.54) is 5.56 Å². The molecule has 148 valence electrons. The summed E-state index contributed by atoms with van der Waals surface area (Å²) in [5.74, 6) is 0.127. The molecule has 0 amide bonds. The fourth-order valence-corrected chi connectivity index (χ4v) is 3.80. The molecule has 0 fully saturated rings. The van der Waals surface area contributed by atoms with Crippen molar-refractivity contribution in [2.45, 2.75) is 31.3 Å². The molecule has 0 saturated heterocycles. The number of halogens is 1. The van der Waals surface area contributed by atoms with Crippen molar-refractivity contribution in [1.29, 1.82) is 5.26 Å². The smallest absolute Gasteiger partial charge is 0.0991 e. The second-order valence-corrected chi connectivity index (χ2v) is 7.71. The number of hydrogen-bond acceptors (Lipinski definition) is 3. The molecule has 3 aromatic rings. The molecule has 0 spiro atoms. The summed E-state index contributed by atoms with van der Waals surface area (Å²) in [7, 11) is 0. The van der Waals surface area contributed by atoms with Gasteiger partial charge in [-0.25, -0.2) is 0 Å². The number of nitriles is 1. The summed E-state index contributed by atoms with van der Waals surface area (Å²) in [6.07, 6.45) is 0.799. The molecule has 29 heavy (non-hydrogen) atoms. The Morgan fingerprint density at radius 2 is 1.66 bits per heavy atom. The van der Waals surface area contributed by atoms with Crippen LogP contribution in [0.4, 0.5) is 0 Å². The summed E-state index contributed by atoms with van der Waals surface area (Å²) >= 11 is 6.05. The molecule has 1 unspecified atom stereocenters. The fourth-order valence-electron chi connectivity index (χ4n) is 3.67. The zero-order valence-corrected chi connectivity index (χ0v) is 17.2. The number of nitrogens with zero attached hydrogens (tertiary/aromatic N) is 1. The zero-order valence-electron chi connectivity index (χ0n) is 16.4. The predicted molar refractivity (Wildman–Crippen MR) is 118 cm³/mol. The third-order valence-electron chi connectivity index (χ3n) is 5.26. The van der Waals surface area contributed by atoms with E-state index in [2.05, 4.69) is 24.4 Å². The molecular formula is C25H25ClN2O. The van der Waals surface area contributed by atoms with Gasteiger partial charge in [0.05, 0.1) is 24.3 Å². The van der Waals surface area contributed by atoms with Crippen LogP contribution in [0.25, 0.3) is 0 Å². The van der Waals surface area contributed by atoms with E-state index in [1.807, 2.05) is 72.8 Å². The first-order valence-electron chi connectivity index (χ1n) is 9.77. The van der Waals surface area contributed by atoms with Crippen molar-refractivity contribution in [2.75, 3.05) is 6.61 Å². The molecule has 3 atom stereocenters. The minimum atomic E-state index is -0.155. The van der Waals surface area contributed by atoms with Gasteiger partial charge >= 0.3 is 0 Å². The summed E-state index contributed by atoms with van der Waals surface area (Å²) in [6.45, 7) is 2.14. The lowest BCUT2D eigenvalue weighted by Gasteiger charge is -2.30. The largest absolute Gasteiger partial charge is 0.394 e. The first-order valence-corrected chi connectivity index (χ1v) is 10.1. The van der Waals surface area contributed by atoms with E-state index in [9.17, 15) is 10.4 Å². The molecule has 0 aliphatic carbocycles. The van der Waals surface area contributed by atoms with Gasteiger partial charge in [-0.05, 0) is 54.3 Å². The van der Waals surface area contributed by atoms with Crippen molar-refractivity contribution in [3.63, 3.8) is 0 Å². The molecule has 3 aromatic carbocycles. The second-order valence-electron chi connectivity index (χ2n) is 7.28. The number of hydrogen-bond donors (Lipinski definition) is 2. The molecular weight excluding hydrogens is 380 g/mol. The normalized spacial score (nSPS) is 14.0. The lowest BCUT2D eigenvalue weighted by molar-refractivity contribution is 0.229. The molecule has 0 aliphatic heterocycles. The Morgan fingerprint density at radius 1 is 0.966 bits per heavy atom. The predicted octanol–water partition coefficient (Wildman–Crippen LogP) is 5.25. The van der Waals surface area contributed by atoms with Crippen molar-refractivity contribution in [2.24, 2.45) is 0 Å². The Hall–Kier alpha value is -2.64.